The summed E-state index contributed by atoms with van der Waals surface area (Å²) in [7, 11) is 1.60. The van der Waals surface area contributed by atoms with Crippen LogP contribution in [0.4, 0.5) is 0 Å². The van der Waals surface area contributed by atoms with E-state index in [1.807, 2.05) is 24.3 Å². The van der Waals surface area contributed by atoms with Crippen LogP contribution in [0.2, 0.25) is 0 Å². The molecular formula is C11H10ClNO2. The smallest absolute Gasteiger partial charge is 0.218 e. The lowest BCUT2D eigenvalue weighted by Crippen LogP contribution is -1.98. The monoisotopic (exact) mass is 223 g/mol. The van der Waals surface area contributed by atoms with Gasteiger partial charge in [0.25, 0.3) is 0 Å². The average Bonchev–Trinajstić information content (AvgIpc) is 2.65. The molecule has 15 heavy (non-hydrogen) atoms. The molecule has 1 heterocycles. The van der Waals surface area contributed by atoms with Crippen LogP contribution in [0.3, 0.4) is 0 Å². The lowest BCUT2D eigenvalue weighted by Gasteiger charge is -2.01. The minimum Gasteiger partial charge on any atom is -0.497 e. The summed E-state index contributed by atoms with van der Waals surface area (Å²) in [5.74, 6) is 1.04. The van der Waals surface area contributed by atoms with E-state index in [0.29, 0.717) is 5.88 Å². The number of hydrogen-bond donors (Lipinski definition) is 0. The molecule has 0 N–H and O–H groups in total. The van der Waals surface area contributed by atoms with Gasteiger partial charge in [-0.3, -0.25) is 9.36 Å². The number of methoxy groups -OCH3 is 1. The molecule has 0 saturated carbocycles. The third-order valence-corrected chi connectivity index (χ3v) is 2.64. The number of ether oxygens (including phenoxy) is 1. The van der Waals surface area contributed by atoms with Crippen molar-refractivity contribution in [3.8, 4) is 5.75 Å². The van der Waals surface area contributed by atoms with Crippen molar-refractivity contribution in [3.05, 3.63) is 30.0 Å². The zero-order valence-corrected chi connectivity index (χ0v) is 8.99. The molecule has 0 unspecified atom stereocenters. The maximum Gasteiger partial charge on any atom is 0.218 e. The molecule has 0 amide bonds. The van der Waals surface area contributed by atoms with Gasteiger partial charge in [-0.25, -0.2) is 0 Å². The molecule has 1 aromatic carbocycles. The second-order valence-electron chi connectivity index (χ2n) is 3.17. The standard InChI is InChI=1S/C11H10ClNO2/c1-15-10-3-2-8-4-9(6-12)13(7-14)11(8)5-10/h2-5,7H,6H2,1H3. The van der Waals surface area contributed by atoms with Crippen molar-refractivity contribution < 1.29 is 9.53 Å². The number of halogens is 1. The zero-order valence-electron chi connectivity index (χ0n) is 8.24. The Hall–Kier alpha value is -1.48. The summed E-state index contributed by atoms with van der Waals surface area (Å²) in [4.78, 5) is 10.9. The second-order valence-corrected chi connectivity index (χ2v) is 3.44. The lowest BCUT2D eigenvalue weighted by molar-refractivity contribution is 0.415. The Bertz CT molecular complexity index is 505. The van der Waals surface area contributed by atoms with Crippen molar-refractivity contribution in [1.29, 1.82) is 0 Å². The van der Waals surface area contributed by atoms with Crippen LogP contribution in [-0.4, -0.2) is 18.1 Å². The fourth-order valence-electron chi connectivity index (χ4n) is 1.61. The first-order valence-electron chi connectivity index (χ1n) is 4.49. The molecule has 1 aromatic heterocycles. The number of aromatic nitrogens is 1. The van der Waals surface area contributed by atoms with Crippen LogP contribution < -0.4 is 4.74 Å². The van der Waals surface area contributed by atoms with Gasteiger partial charge in [0.2, 0.25) is 6.41 Å². The normalized spacial score (nSPS) is 10.5. The topological polar surface area (TPSA) is 31.2 Å². The number of carbonyl (C=O) groups is 1. The number of benzene rings is 1. The van der Waals surface area contributed by atoms with E-state index in [0.717, 1.165) is 28.8 Å². The quantitative estimate of drug-likeness (QED) is 0.591. The number of hydrogen-bond acceptors (Lipinski definition) is 2. The third-order valence-electron chi connectivity index (χ3n) is 2.37. The maximum absolute atomic E-state index is 10.9. The highest BCUT2D eigenvalue weighted by Crippen LogP contribution is 2.24. The molecule has 4 heteroatoms. The SMILES string of the molecule is COc1ccc2cc(CCl)n(C=O)c2c1. The molecule has 0 radical (unpaired) electrons. The highest BCUT2D eigenvalue weighted by atomic mass is 35.5. The molecule has 2 rings (SSSR count). The second kappa shape index (κ2) is 3.95. The van der Waals surface area contributed by atoms with Gasteiger partial charge in [-0.2, -0.15) is 0 Å². The summed E-state index contributed by atoms with van der Waals surface area (Å²) in [5.41, 5.74) is 1.61. The Morgan fingerprint density at radius 2 is 2.27 bits per heavy atom. The fraction of sp³-hybridized carbons (Fsp3) is 0.182. The molecule has 0 spiro atoms. The highest BCUT2D eigenvalue weighted by molar-refractivity contribution is 6.17. The summed E-state index contributed by atoms with van der Waals surface area (Å²) < 4.78 is 6.64. The average molecular weight is 224 g/mol. The van der Waals surface area contributed by atoms with Crippen LogP contribution in [0.15, 0.2) is 24.3 Å². The summed E-state index contributed by atoms with van der Waals surface area (Å²) >= 11 is 5.75. The van der Waals surface area contributed by atoms with E-state index >= 15 is 0 Å². The van der Waals surface area contributed by atoms with Crippen LogP contribution in [0.25, 0.3) is 10.9 Å². The summed E-state index contributed by atoms with van der Waals surface area (Å²) in [5, 5.41) is 0.985. The van der Waals surface area contributed by atoms with Gasteiger partial charge in [0.05, 0.1) is 18.5 Å². The molecule has 0 saturated heterocycles. The summed E-state index contributed by atoms with van der Waals surface area (Å²) in [6, 6.07) is 7.48. The van der Waals surface area contributed by atoms with E-state index in [2.05, 4.69) is 0 Å². The molecule has 0 aliphatic heterocycles. The van der Waals surface area contributed by atoms with Gasteiger partial charge in [-0.05, 0) is 18.2 Å². The van der Waals surface area contributed by atoms with Crippen molar-refractivity contribution in [2.45, 2.75) is 5.88 Å². The molecule has 0 atom stereocenters. The van der Waals surface area contributed by atoms with Crippen molar-refractivity contribution in [2.75, 3.05) is 7.11 Å². The lowest BCUT2D eigenvalue weighted by atomic mass is 10.2. The molecular weight excluding hydrogens is 214 g/mol. The predicted octanol–water partition coefficient (Wildman–Crippen LogP) is 2.43. The molecule has 78 valence electrons. The fourth-order valence-corrected chi connectivity index (χ4v) is 1.82. The van der Waals surface area contributed by atoms with Gasteiger partial charge in [0, 0.05) is 17.1 Å². The van der Waals surface area contributed by atoms with Gasteiger partial charge in [0.1, 0.15) is 5.75 Å². The Balaban J connectivity index is 2.73. The van der Waals surface area contributed by atoms with E-state index in [4.69, 9.17) is 16.3 Å². The van der Waals surface area contributed by atoms with Crippen molar-refractivity contribution >= 4 is 28.9 Å². The number of rotatable bonds is 3. The van der Waals surface area contributed by atoms with Gasteiger partial charge in [0.15, 0.2) is 0 Å². The molecule has 0 bridgehead atoms. The minimum absolute atomic E-state index is 0.315. The van der Waals surface area contributed by atoms with E-state index in [9.17, 15) is 4.79 Å². The predicted molar refractivity (Wildman–Crippen MR) is 60.2 cm³/mol. The number of fused-ring (bicyclic) bond motifs is 1. The molecule has 0 aliphatic carbocycles. The summed E-state index contributed by atoms with van der Waals surface area (Å²) in [6.07, 6.45) is 0.763. The Labute approximate surface area is 92.2 Å². The van der Waals surface area contributed by atoms with Crippen molar-refractivity contribution in [2.24, 2.45) is 0 Å². The Kier molecular flexibility index (Phi) is 2.64. The first-order chi connectivity index (χ1) is 7.30. The van der Waals surface area contributed by atoms with E-state index in [1.54, 1.807) is 7.11 Å². The molecule has 3 nitrogen and oxygen atoms in total. The Morgan fingerprint density at radius 3 is 2.87 bits per heavy atom. The highest BCUT2D eigenvalue weighted by Gasteiger charge is 2.07. The summed E-state index contributed by atoms with van der Waals surface area (Å²) in [6.45, 7) is 0. The third kappa shape index (κ3) is 1.59. The van der Waals surface area contributed by atoms with E-state index in [1.165, 1.54) is 4.57 Å². The van der Waals surface area contributed by atoms with Crippen molar-refractivity contribution in [1.82, 2.24) is 4.57 Å². The molecule has 0 aliphatic rings. The van der Waals surface area contributed by atoms with Gasteiger partial charge < -0.3 is 4.74 Å². The van der Waals surface area contributed by atoms with Crippen LogP contribution >= 0.6 is 11.6 Å². The van der Waals surface area contributed by atoms with Crippen LogP contribution in [0.1, 0.15) is 5.69 Å². The van der Waals surface area contributed by atoms with E-state index in [-0.39, 0.29) is 0 Å². The Morgan fingerprint density at radius 1 is 1.47 bits per heavy atom. The first-order valence-corrected chi connectivity index (χ1v) is 5.02. The first kappa shape index (κ1) is 10.1. The van der Waals surface area contributed by atoms with Gasteiger partial charge in [-0.1, -0.05) is 0 Å². The van der Waals surface area contributed by atoms with Gasteiger partial charge in [-0.15, -0.1) is 11.6 Å². The largest absolute Gasteiger partial charge is 0.497 e. The number of nitrogens with zero attached hydrogens (tertiary/aromatic N) is 1. The minimum atomic E-state index is 0.315. The van der Waals surface area contributed by atoms with Crippen LogP contribution in [-0.2, 0) is 10.7 Å². The van der Waals surface area contributed by atoms with E-state index < -0.39 is 0 Å². The molecule has 0 fully saturated rings. The number of alkyl halides is 1. The van der Waals surface area contributed by atoms with Crippen molar-refractivity contribution in [3.63, 3.8) is 0 Å². The zero-order chi connectivity index (χ0) is 10.8. The maximum atomic E-state index is 10.9. The van der Waals surface area contributed by atoms with Crippen LogP contribution in [0, 0.1) is 0 Å². The molecule has 2 aromatic rings. The number of carbonyl (C=O) groups excluding carboxylic acids is 1. The van der Waals surface area contributed by atoms with Gasteiger partial charge >= 0.3 is 0 Å². The van der Waals surface area contributed by atoms with Crippen LogP contribution in [0.5, 0.6) is 5.75 Å².